The molecule has 0 radical (unpaired) electrons. The third-order valence-electron chi connectivity index (χ3n) is 4.56. The first-order chi connectivity index (χ1) is 12.5. The molecule has 1 atom stereocenters. The summed E-state index contributed by atoms with van der Waals surface area (Å²) in [6.07, 6.45) is 3.51. The molecule has 0 saturated heterocycles. The van der Waals surface area contributed by atoms with Gasteiger partial charge >= 0.3 is 0 Å². The third-order valence-corrected chi connectivity index (χ3v) is 4.56. The molecule has 0 unspecified atom stereocenters. The predicted molar refractivity (Wildman–Crippen MR) is 105 cm³/mol. The summed E-state index contributed by atoms with van der Waals surface area (Å²) in [5.41, 5.74) is 3.08. The van der Waals surface area contributed by atoms with Crippen LogP contribution < -0.4 is 10.7 Å². The van der Waals surface area contributed by atoms with Gasteiger partial charge in [-0.05, 0) is 44.4 Å². The van der Waals surface area contributed by atoms with Crippen molar-refractivity contribution in [3.63, 3.8) is 0 Å². The van der Waals surface area contributed by atoms with Gasteiger partial charge in [0, 0.05) is 23.7 Å². The number of benzene rings is 2. The number of hydrogen-bond donors (Lipinski definition) is 1. The Bertz CT molecular complexity index is 961. The van der Waals surface area contributed by atoms with Gasteiger partial charge in [0.15, 0.2) is 5.43 Å². The second kappa shape index (κ2) is 8.00. The highest BCUT2D eigenvalue weighted by atomic mass is 16.2. The van der Waals surface area contributed by atoms with Crippen LogP contribution in [-0.2, 0) is 17.8 Å². The molecule has 1 aromatic heterocycles. The summed E-state index contributed by atoms with van der Waals surface area (Å²) in [7, 11) is 0. The number of hydrogen-bond acceptors (Lipinski definition) is 2. The van der Waals surface area contributed by atoms with Gasteiger partial charge in [-0.15, -0.1) is 0 Å². The highest BCUT2D eigenvalue weighted by molar-refractivity contribution is 5.82. The van der Waals surface area contributed by atoms with Crippen molar-refractivity contribution in [2.75, 3.05) is 0 Å². The largest absolute Gasteiger partial charge is 0.352 e. The molecular weight excluding hydrogens is 324 g/mol. The number of carbonyl (C=O) groups excluding carboxylic acids is 1. The quantitative estimate of drug-likeness (QED) is 0.742. The Kier molecular flexibility index (Phi) is 5.52. The molecule has 0 saturated carbocycles. The summed E-state index contributed by atoms with van der Waals surface area (Å²) in [6.45, 7) is 4.18. The van der Waals surface area contributed by atoms with E-state index >= 15 is 0 Å². The number of aryl methyl sites for hydroxylation is 2. The molecule has 1 amide bonds. The van der Waals surface area contributed by atoms with Crippen LogP contribution in [-0.4, -0.2) is 16.5 Å². The van der Waals surface area contributed by atoms with Gasteiger partial charge in [0.25, 0.3) is 0 Å². The van der Waals surface area contributed by atoms with Crippen LogP contribution in [0.25, 0.3) is 10.9 Å². The van der Waals surface area contributed by atoms with Crippen molar-refractivity contribution >= 4 is 16.8 Å². The van der Waals surface area contributed by atoms with Crippen LogP contribution in [0.5, 0.6) is 0 Å². The SMILES string of the molecule is Cc1ccc2c(c1)c(=O)ccn2CC(=O)N[C@@H](C)CCc1ccccc1. The smallest absolute Gasteiger partial charge is 0.240 e. The van der Waals surface area contributed by atoms with Gasteiger partial charge in [0.05, 0.1) is 5.52 Å². The fraction of sp³-hybridized carbons (Fsp3) is 0.273. The summed E-state index contributed by atoms with van der Waals surface area (Å²) in [6, 6.07) is 17.6. The van der Waals surface area contributed by atoms with Gasteiger partial charge in [-0.1, -0.05) is 42.0 Å². The molecule has 0 aliphatic carbocycles. The molecule has 1 heterocycles. The topological polar surface area (TPSA) is 51.1 Å². The minimum absolute atomic E-state index is 0.0170. The zero-order valence-electron chi connectivity index (χ0n) is 15.2. The highest BCUT2D eigenvalue weighted by Crippen LogP contribution is 2.12. The van der Waals surface area contributed by atoms with E-state index in [9.17, 15) is 9.59 Å². The lowest BCUT2D eigenvalue weighted by Gasteiger charge is -2.16. The molecule has 3 rings (SSSR count). The molecule has 134 valence electrons. The zero-order valence-corrected chi connectivity index (χ0v) is 15.2. The molecular formula is C22H24N2O2. The van der Waals surface area contributed by atoms with E-state index in [1.54, 1.807) is 6.20 Å². The van der Waals surface area contributed by atoms with Crippen molar-refractivity contribution < 1.29 is 4.79 Å². The fourth-order valence-corrected chi connectivity index (χ4v) is 3.14. The van der Waals surface area contributed by atoms with E-state index in [4.69, 9.17) is 0 Å². The molecule has 4 heteroatoms. The number of nitrogens with one attached hydrogen (secondary N) is 1. The summed E-state index contributed by atoms with van der Waals surface area (Å²) in [4.78, 5) is 24.5. The molecule has 4 nitrogen and oxygen atoms in total. The second-order valence-corrected chi connectivity index (χ2v) is 6.82. The number of rotatable bonds is 6. The second-order valence-electron chi connectivity index (χ2n) is 6.82. The average Bonchev–Trinajstić information content (AvgIpc) is 2.63. The van der Waals surface area contributed by atoms with Crippen LogP contribution in [0.4, 0.5) is 0 Å². The molecule has 3 aromatic rings. The average molecular weight is 348 g/mol. The van der Waals surface area contributed by atoms with Crippen molar-refractivity contribution in [1.29, 1.82) is 0 Å². The maximum Gasteiger partial charge on any atom is 0.240 e. The normalized spacial score (nSPS) is 12.1. The van der Waals surface area contributed by atoms with Crippen molar-refractivity contribution in [2.45, 2.75) is 39.3 Å². The molecule has 2 aromatic carbocycles. The van der Waals surface area contributed by atoms with Gasteiger partial charge in [0.2, 0.25) is 5.91 Å². The highest BCUT2D eigenvalue weighted by Gasteiger charge is 2.10. The Morgan fingerprint density at radius 3 is 2.65 bits per heavy atom. The van der Waals surface area contributed by atoms with Gasteiger partial charge in [-0.25, -0.2) is 0 Å². The van der Waals surface area contributed by atoms with Gasteiger partial charge in [-0.2, -0.15) is 0 Å². The van der Waals surface area contributed by atoms with E-state index in [1.807, 2.05) is 54.8 Å². The summed E-state index contributed by atoms with van der Waals surface area (Å²) >= 11 is 0. The Balaban J connectivity index is 1.64. The maximum atomic E-state index is 12.4. The summed E-state index contributed by atoms with van der Waals surface area (Å²) < 4.78 is 1.83. The van der Waals surface area contributed by atoms with E-state index < -0.39 is 0 Å². The third kappa shape index (κ3) is 4.39. The standard InChI is InChI=1S/C22H24N2O2/c1-16-8-11-20-19(14-16)21(25)12-13-24(20)15-22(26)23-17(2)9-10-18-6-4-3-5-7-18/h3-8,11-14,17H,9-10,15H2,1-2H3,(H,23,26)/t17-/m0/s1. The van der Waals surface area contributed by atoms with E-state index in [0.29, 0.717) is 5.39 Å². The first kappa shape index (κ1) is 17.9. The number of fused-ring (bicyclic) bond motifs is 1. The summed E-state index contributed by atoms with van der Waals surface area (Å²) in [5.74, 6) is -0.0453. The van der Waals surface area contributed by atoms with Crippen molar-refractivity contribution in [3.05, 3.63) is 82.1 Å². The van der Waals surface area contributed by atoms with Crippen LogP contribution in [0.1, 0.15) is 24.5 Å². The first-order valence-electron chi connectivity index (χ1n) is 8.96. The number of aromatic nitrogens is 1. The maximum absolute atomic E-state index is 12.4. The van der Waals surface area contributed by atoms with E-state index in [2.05, 4.69) is 17.4 Å². The lowest BCUT2D eigenvalue weighted by Crippen LogP contribution is -2.35. The molecule has 1 N–H and O–H groups in total. The zero-order chi connectivity index (χ0) is 18.5. The van der Waals surface area contributed by atoms with E-state index in [0.717, 1.165) is 23.9 Å². The minimum atomic E-state index is -0.0453. The summed E-state index contributed by atoms with van der Waals surface area (Å²) in [5, 5.41) is 3.70. The number of carbonyl (C=O) groups is 1. The lowest BCUT2D eigenvalue weighted by molar-refractivity contribution is -0.122. The predicted octanol–water partition coefficient (Wildman–Crippen LogP) is 3.45. The van der Waals surface area contributed by atoms with E-state index in [-0.39, 0.29) is 23.9 Å². The first-order valence-corrected chi connectivity index (χ1v) is 8.96. The van der Waals surface area contributed by atoms with Crippen molar-refractivity contribution in [3.8, 4) is 0 Å². The Labute approximate surface area is 153 Å². The van der Waals surface area contributed by atoms with Crippen LogP contribution >= 0.6 is 0 Å². The van der Waals surface area contributed by atoms with Crippen molar-refractivity contribution in [2.24, 2.45) is 0 Å². The van der Waals surface area contributed by atoms with Gasteiger partial charge in [-0.3, -0.25) is 9.59 Å². The Hall–Kier alpha value is -2.88. The lowest BCUT2D eigenvalue weighted by atomic mass is 10.1. The van der Waals surface area contributed by atoms with Gasteiger partial charge in [0.1, 0.15) is 6.54 Å². The van der Waals surface area contributed by atoms with Crippen LogP contribution in [0.15, 0.2) is 65.6 Å². The molecule has 26 heavy (non-hydrogen) atoms. The molecule has 0 spiro atoms. The number of amides is 1. The van der Waals surface area contributed by atoms with Crippen LogP contribution in [0, 0.1) is 6.92 Å². The van der Waals surface area contributed by atoms with Crippen molar-refractivity contribution in [1.82, 2.24) is 9.88 Å². The monoisotopic (exact) mass is 348 g/mol. The molecule has 0 bridgehead atoms. The number of nitrogens with zero attached hydrogens (tertiary/aromatic N) is 1. The number of pyridine rings is 1. The minimum Gasteiger partial charge on any atom is -0.352 e. The fourth-order valence-electron chi connectivity index (χ4n) is 3.14. The van der Waals surface area contributed by atoms with Gasteiger partial charge < -0.3 is 9.88 Å². The Morgan fingerprint density at radius 1 is 1.12 bits per heavy atom. The molecule has 0 fully saturated rings. The Morgan fingerprint density at radius 2 is 1.88 bits per heavy atom. The molecule has 0 aliphatic heterocycles. The van der Waals surface area contributed by atoms with Crippen LogP contribution in [0.3, 0.4) is 0 Å². The molecule has 0 aliphatic rings. The van der Waals surface area contributed by atoms with E-state index in [1.165, 1.54) is 11.6 Å². The van der Waals surface area contributed by atoms with Crippen LogP contribution in [0.2, 0.25) is 0 Å².